The molecular formula is C23H36N2O6. The minimum absolute atomic E-state index is 0.00290. The lowest BCUT2D eigenvalue weighted by atomic mass is 9.99. The SMILES string of the molecule is COC(=O)C(COCc1ccccc1)NC(=O)CC[C@H](NC(=O)OC(C)(C)C)C(C)C. The van der Waals surface area contributed by atoms with Crippen molar-refractivity contribution in [2.75, 3.05) is 13.7 Å². The van der Waals surface area contributed by atoms with Gasteiger partial charge in [0.15, 0.2) is 6.04 Å². The first-order valence-electron chi connectivity index (χ1n) is 10.5. The molecular weight excluding hydrogens is 400 g/mol. The van der Waals surface area contributed by atoms with Crippen LogP contribution in [0.3, 0.4) is 0 Å². The van der Waals surface area contributed by atoms with Crippen molar-refractivity contribution in [3.05, 3.63) is 35.9 Å². The van der Waals surface area contributed by atoms with Gasteiger partial charge in [-0.25, -0.2) is 9.59 Å². The molecule has 2 amide bonds. The summed E-state index contributed by atoms with van der Waals surface area (Å²) in [4.78, 5) is 36.5. The minimum atomic E-state index is -0.905. The van der Waals surface area contributed by atoms with Gasteiger partial charge in [0.05, 0.1) is 20.3 Å². The molecule has 1 aromatic rings. The molecule has 1 rings (SSSR count). The highest BCUT2D eigenvalue weighted by Gasteiger charge is 2.25. The Hall–Kier alpha value is -2.61. The van der Waals surface area contributed by atoms with Crippen molar-refractivity contribution >= 4 is 18.0 Å². The minimum Gasteiger partial charge on any atom is -0.467 e. The number of benzene rings is 1. The predicted octanol–water partition coefficient (Wildman–Crippen LogP) is 3.19. The van der Waals surface area contributed by atoms with Crippen LogP contribution in [-0.2, 0) is 30.4 Å². The summed E-state index contributed by atoms with van der Waals surface area (Å²) < 4.78 is 15.6. The standard InChI is InChI=1S/C23H36N2O6/c1-16(2)18(25-22(28)31-23(3,4)5)12-13-20(26)24-19(21(27)29-6)15-30-14-17-10-8-7-9-11-17/h7-11,16,18-19H,12-15H2,1-6H3,(H,24,26)(H,25,28)/t18-,19?/m0/s1. The van der Waals surface area contributed by atoms with Gasteiger partial charge >= 0.3 is 12.1 Å². The average molecular weight is 437 g/mol. The van der Waals surface area contributed by atoms with Crippen molar-refractivity contribution < 1.29 is 28.6 Å². The van der Waals surface area contributed by atoms with Crippen LogP contribution in [-0.4, -0.2) is 49.4 Å². The van der Waals surface area contributed by atoms with Gasteiger partial charge in [-0.15, -0.1) is 0 Å². The summed E-state index contributed by atoms with van der Waals surface area (Å²) >= 11 is 0. The largest absolute Gasteiger partial charge is 0.467 e. The molecule has 0 aliphatic carbocycles. The van der Waals surface area contributed by atoms with E-state index in [1.165, 1.54) is 7.11 Å². The summed E-state index contributed by atoms with van der Waals surface area (Å²) in [5.41, 5.74) is 0.363. The summed E-state index contributed by atoms with van der Waals surface area (Å²) in [6.07, 6.45) is 0.0140. The van der Waals surface area contributed by atoms with E-state index in [0.717, 1.165) is 5.56 Å². The van der Waals surface area contributed by atoms with Crippen molar-refractivity contribution in [2.24, 2.45) is 5.92 Å². The van der Waals surface area contributed by atoms with Gasteiger partial charge in [-0.05, 0) is 38.7 Å². The fourth-order valence-electron chi connectivity index (χ4n) is 2.76. The van der Waals surface area contributed by atoms with Crippen molar-refractivity contribution in [1.82, 2.24) is 10.6 Å². The highest BCUT2D eigenvalue weighted by Crippen LogP contribution is 2.12. The van der Waals surface area contributed by atoms with Gasteiger partial charge in [0, 0.05) is 12.5 Å². The number of rotatable bonds is 11. The number of hydrogen-bond donors (Lipinski definition) is 2. The van der Waals surface area contributed by atoms with Crippen LogP contribution in [0, 0.1) is 5.92 Å². The topological polar surface area (TPSA) is 103 Å². The fourth-order valence-corrected chi connectivity index (χ4v) is 2.76. The average Bonchev–Trinajstić information content (AvgIpc) is 2.69. The Morgan fingerprint density at radius 2 is 1.68 bits per heavy atom. The predicted molar refractivity (Wildman–Crippen MR) is 117 cm³/mol. The molecule has 31 heavy (non-hydrogen) atoms. The molecule has 0 saturated carbocycles. The zero-order valence-corrected chi connectivity index (χ0v) is 19.4. The fraction of sp³-hybridized carbons (Fsp3) is 0.609. The van der Waals surface area contributed by atoms with Crippen LogP contribution < -0.4 is 10.6 Å². The molecule has 0 aliphatic heterocycles. The molecule has 0 heterocycles. The molecule has 0 saturated heterocycles. The van der Waals surface area contributed by atoms with E-state index in [-0.39, 0.29) is 30.9 Å². The van der Waals surface area contributed by atoms with Crippen LogP contribution >= 0.6 is 0 Å². The van der Waals surface area contributed by atoms with E-state index < -0.39 is 23.7 Å². The summed E-state index contributed by atoms with van der Waals surface area (Å²) in [6, 6.07) is 8.38. The maximum atomic E-state index is 12.4. The Labute approximate surface area is 185 Å². The Morgan fingerprint density at radius 3 is 2.23 bits per heavy atom. The second-order valence-corrected chi connectivity index (χ2v) is 8.68. The number of amides is 2. The first-order chi connectivity index (χ1) is 14.5. The van der Waals surface area contributed by atoms with Crippen molar-refractivity contribution in [1.29, 1.82) is 0 Å². The van der Waals surface area contributed by atoms with Gasteiger partial charge in [0.25, 0.3) is 0 Å². The van der Waals surface area contributed by atoms with Gasteiger partial charge in [0.1, 0.15) is 5.60 Å². The van der Waals surface area contributed by atoms with E-state index in [2.05, 4.69) is 10.6 Å². The van der Waals surface area contributed by atoms with Crippen molar-refractivity contribution in [3.63, 3.8) is 0 Å². The quantitative estimate of drug-likeness (QED) is 0.517. The second kappa shape index (κ2) is 12.9. The van der Waals surface area contributed by atoms with E-state index in [1.54, 1.807) is 20.8 Å². The number of carbonyl (C=O) groups is 3. The molecule has 1 aromatic carbocycles. The summed E-state index contributed by atoms with van der Waals surface area (Å²) in [5, 5.41) is 5.47. The second-order valence-electron chi connectivity index (χ2n) is 8.68. The smallest absolute Gasteiger partial charge is 0.407 e. The normalized spacial score (nSPS) is 13.3. The number of alkyl carbamates (subject to hydrolysis) is 1. The van der Waals surface area contributed by atoms with Crippen molar-refractivity contribution in [3.8, 4) is 0 Å². The Balaban J connectivity index is 2.54. The zero-order valence-electron chi connectivity index (χ0n) is 19.4. The Morgan fingerprint density at radius 1 is 1.03 bits per heavy atom. The number of esters is 1. The van der Waals surface area contributed by atoms with Crippen LogP contribution in [0.4, 0.5) is 4.79 Å². The maximum Gasteiger partial charge on any atom is 0.407 e. The molecule has 2 N–H and O–H groups in total. The first kappa shape index (κ1) is 26.4. The van der Waals surface area contributed by atoms with Crippen molar-refractivity contribution in [2.45, 2.75) is 71.8 Å². The number of methoxy groups -OCH3 is 1. The van der Waals surface area contributed by atoms with Gasteiger partial charge < -0.3 is 24.8 Å². The summed E-state index contributed by atoms with van der Waals surface area (Å²) in [6.45, 7) is 9.59. The Kier molecular flexibility index (Phi) is 11.0. The van der Waals surface area contributed by atoms with E-state index in [0.29, 0.717) is 13.0 Å². The summed E-state index contributed by atoms with van der Waals surface area (Å²) in [7, 11) is 1.26. The first-order valence-corrected chi connectivity index (χ1v) is 10.5. The Bertz CT molecular complexity index is 700. The number of ether oxygens (including phenoxy) is 3. The van der Waals surface area contributed by atoms with Gasteiger partial charge in [-0.1, -0.05) is 44.2 Å². The maximum absolute atomic E-state index is 12.4. The third-order valence-electron chi connectivity index (χ3n) is 4.41. The van der Waals surface area contributed by atoms with E-state index in [9.17, 15) is 14.4 Å². The molecule has 0 aromatic heterocycles. The third-order valence-corrected chi connectivity index (χ3v) is 4.41. The lowest BCUT2D eigenvalue weighted by Crippen LogP contribution is -2.46. The molecule has 0 aliphatic rings. The van der Waals surface area contributed by atoms with E-state index in [4.69, 9.17) is 14.2 Å². The lowest BCUT2D eigenvalue weighted by molar-refractivity contribution is -0.147. The third kappa shape index (κ3) is 11.4. The van der Waals surface area contributed by atoms with Crippen LogP contribution in [0.2, 0.25) is 0 Å². The van der Waals surface area contributed by atoms with Gasteiger partial charge in [-0.3, -0.25) is 4.79 Å². The molecule has 0 bridgehead atoms. The van der Waals surface area contributed by atoms with Gasteiger partial charge in [0.2, 0.25) is 5.91 Å². The molecule has 0 spiro atoms. The number of carbonyl (C=O) groups excluding carboxylic acids is 3. The molecule has 2 atom stereocenters. The van der Waals surface area contributed by atoms with Gasteiger partial charge in [-0.2, -0.15) is 0 Å². The molecule has 0 fully saturated rings. The highest BCUT2D eigenvalue weighted by atomic mass is 16.6. The molecule has 1 unspecified atom stereocenters. The molecule has 174 valence electrons. The lowest BCUT2D eigenvalue weighted by Gasteiger charge is -2.26. The number of nitrogens with one attached hydrogen (secondary N) is 2. The summed E-state index contributed by atoms with van der Waals surface area (Å²) in [5.74, 6) is -0.796. The van der Waals surface area contributed by atoms with Crippen LogP contribution in [0.25, 0.3) is 0 Å². The van der Waals surface area contributed by atoms with Crippen LogP contribution in [0.15, 0.2) is 30.3 Å². The van der Waals surface area contributed by atoms with Crippen LogP contribution in [0.1, 0.15) is 53.0 Å². The molecule has 0 radical (unpaired) electrons. The van der Waals surface area contributed by atoms with E-state index >= 15 is 0 Å². The molecule has 8 nitrogen and oxygen atoms in total. The zero-order chi connectivity index (χ0) is 23.4. The van der Waals surface area contributed by atoms with Crippen LogP contribution in [0.5, 0.6) is 0 Å². The van der Waals surface area contributed by atoms with E-state index in [1.807, 2.05) is 44.2 Å². The number of hydrogen-bond acceptors (Lipinski definition) is 6. The highest BCUT2D eigenvalue weighted by molar-refractivity contribution is 5.84. The molecule has 8 heteroatoms. The monoisotopic (exact) mass is 436 g/mol.